The van der Waals surface area contributed by atoms with Crippen LogP contribution in [0.4, 0.5) is 0 Å². The smallest absolute Gasteiger partial charge is 0.0618 e. The Kier molecular flexibility index (Phi) is 2.61. The minimum Gasteiger partial charge on any atom is -0.383 e. The van der Waals surface area contributed by atoms with Gasteiger partial charge in [0, 0.05) is 18.7 Å². The zero-order valence-electron chi connectivity index (χ0n) is 8.88. The second-order valence-electron chi connectivity index (χ2n) is 4.52. The van der Waals surface area contributed by atoms with Crippen molar-refractivity contribution in [2.45, 2.75) is 50.6 Å². The van der Waals surface area contributed by atoms with Gasteiger partial charge < -0.3 is 4.74 Å². The van der Waals surface area contributed by atoms with Gasteiger partial charge in [-0.1, -0.05) is 6.92 Å². The van der Waals surface area contributed by atoms with Crippen LogP contribution in [0.2, 0.25) is 0 Å². The molecule has 0 aliphatic carbocycles. The summed E-state index contributed by atoms with van der Waals surface area (Å²) < 4.78 is 5.28. The van der Waals surface area contributed by atoms with Crippen molar-refractivity contribution in [3.63, 3.8) is 0 Å². The summed E-state index contributed by atoms with van der Waals surface area (Å²) >= 11 is 0. The third-order valence-electron chi connectivity index (χ3n) is 4.05. The number of fused-ring (bicyclic) bond motifs is 1. The molecular weight excluding hydrogens is 162 g/mol. The summed E-state index contributed by atoms with van der Waals surface area (Å²) in [5.41, 5.74) is 0.573. The van der Waals surface area contributed by atoms with Gasteiger partial charge in [-0.15, -0.1) is 0 Å². The lowest BCUT2D eigenvalue weighted by Crippen LogP contribution is -2.43. The van der Waals surface area contributed by atoms with Gasteiger partial charge in [0.2, 0.25) is 0 Å². The minimum atomic E-state index is 0.573. The fourth-order valence-electron chi connectivity index (χ4n) is 3.31. The lowest BCUT2D eigenvalue weighted by molar-refractivity contribution is 0.0796. The van der Waals surface area contributed by atoms with Gasteiger partial charge in [-0.25, -0.2) is 0 Å². The maximum absolute atomic E-state index is 5.28. The summed E-state index contributed by atoms with van der Waals surface area (Å²) in [7, 11) is 1.82. The van der Waals surface area contributed by atoms with Crippen LogP contribution in [0.5, 0.6) is 0 Å². The lowest BCUT2D eigenvalue weighted by atomic mass is 9.91. The number of rotatable bonds is 3. The van der Waals surface area contributed by atoms with Crippen LogP contribution in [0, 0.1) is 0 Å². The zero-order valence-corrected chi connectivity index (χ0v) is 8.88. The van der Waals surface area contributed by atoms with Gasteiger partial charge in [0.25, 0.3) is 0 Å². The van der Waals surface area contributed by atoms with E-state index >= 15 is 0 Å². The molecule has 0 radical (unpaired) electrons. The van der Waals surface area contributed by atoms with Crippen molar-refractivity contribution in [1.82, 2.24) is 4.90 Å². The number of nitrogens with zero attached hydrogens (tertiary/aromatic N) is 1. The molecule has 2 fully saturated rings. The number of hydrogen-bond acceptors (Lipinski definition) is 2. The molecule has 0 amide bonds. The topological polar surface area (TPSA) is 12.5 Å². The number of ether oxygens (including phenoxy) is 1. The highest BCUT2D eigenvalue weighted by Crippen LogP contribution is 2.44. The molecule has 2 aliphatic heterocycles. The molecule has 0 spiro atoms. The van der Waals surface area contributed by atoms with E-state index in [4.69, 9.17) is 4.74 Å². The van der Waals surface area contributed by atoms with Crippen LogP contribution in [0.1, 0.15) is 39.0 Å². The summed E-state index contributed by atoms with van der Waals surface area (Å²) in [6, 6.07) is 0.715. The van der Waals surface area contributed by atoms with Crippen LogP contribution in [-0.4, -0.2) is 36.7 Å². The largest absolute Gasteiger partial charge is 0.383 e. The van der Waals surface area contributed by atoms with E-state index in [1.54, 1.807) is 0 Å². The monoisotopic (exact) mass is 183 g/mol. The molecule has 0 aromatic rings. The van der Waals surface area contributed by atoms with E-state index in [0.29, 0.717) is 11.6 Å². The molecule has 76 valence electrons. The SMILES string of the molecule is CC[C@]12CCCN1[C@@H](COC)CC2. The Morgan fingerprint density at radius 1 is 1.46 bits per heavy atom. The van der Waals surface area contributed by atoms with Crippen molar-refractivity contribution in [2.24, 2.45) is 0 Å². The van der Waals surface area contributed by atoms with Gasteiger partial charge in [-0.2, -0.15) is 0 Å². The highest BCUT2D eigenvalue weighted by molar-refractivity contribution is 5.03. The van der Waals surface area contributed by atoms with E-state index in [9.17, 15) is 0 Å². The van der Waals surface area contributed by atoms with Crippen molar-refractivity contribution >= 4 is 0 Å². The van der Waals surface area contributed by atoms with Gasteiger partial charge >= 0.3 is 0 Å². The third kappa shape index (κ3) is 1.40. The fraction of sp³-hybridized carbons (Fsp3) is 1.00. The van der Waals surface area contributed by atoms with Crippen molar-refractivity contribution < 1.29 is 4.74 Å². The normalized spacial score (nSPS) is 39.7. The van der Waals surface area contributed by atoms with Crippen molar-refractivity contribution in [1.29, 1.82) is 0 Å². The van der Waals surface area contributed by atoms with Gasteiger partial charge in [-0.3, -0.25) is 4.90 Å². The molecule has 2 nitrogen and oxygen atoms in total. The van der Waals surface area contributed by atoms with E-state index in [2.05, 4.69) is 11.8 Å². The molecule has 2 atom stereocenters. The van der Waals surface area contributed by atoms with E-state index < -0.39 is 0 Å². The maximum atomic E-state index is 5.28. The van der Waals surface area contributed by atoms with Crippen LogP contribution >= 0.6 is 0 Å². The summed E-state index contributed by atoms with van der Waals surface area (Å²) in [5.74, 6) is 0. The molecule has 0 aromatic carbocycles. The molecule has 0 unspecified atom stereocenters. The predicted octanol–water partition coefficient (Wildman–Crippen LogP) is 2.04. The van der Waals surface area contributed by atoms with Crippen LogP contribution in [0.25, 0.3) is 0 Å². The molecule has 2 rings (SSSR count). The summed E-state index contributed by atoms with van der Waals surface area (Å²) in [6.45, 7) is 4.58. The number of hydrogen-bond donors (Lipinski definition) is 0. The number of methoxy groups -OCH3 is 1. The van der Waals surface area contributed by atoms with E-state index in [0.717, 1.165) is 6.61 Å². The zero-order chi connectivity index (χ0) is 9.31. The first-order valence-electron chi connectivity index (χ1n) is 5.58. The summed E-state index contributed by atoms with van der Waals surface area (Å²) in [6.07, 6.45) is 6.89. The Labute approximate surface area is 81.3 Å². The van der Waals surface area contributed by atoms with Crippen molar-refractivity contribution in [3.05, 3.63) is 0 Å². The molecule has 0 N–H and O–H groups in total. The highest BCUT2D eigenvalue weighted by Gasteiger charge is 2.47. The average Bonchev–Trinajstić information content (AvgIpc) is 2.67. The van der Waals surface area contributed by atoms with E-state index in [-0.39, 0.29) is 0 Å². The lowest BCUT2D eigenvalue weighted by Gasteiger charge is -2.34. The molecule has 2 heterocycles. The maximum Gasteiger partial charge on any atom is 0.0618 e. The predicted molar refractivity (Wildman–Crippen MR) is 53.9 cm³/mol. The Hall–Kier alpha value is -0.0800. The first kappa shape index (κ1) is 9.47. The van der Waals surface area contributed by atoms with E-state index in [1.165, 1.54) is 38.6 Å². The molecule has 0 aromatic heterocycles. The first-order chi connectivity index (χ1) is 6.32. The van der Waals surface area contributed by atoms with Crippen LogP contribution in [0.15, 0.2) is 0 Å². The highest BCUT2D eigenvalue weighted by atomic mass is 16.5. The van der Waals surface area contributed by atoms with Crippen molar-refractivity contribution in [3.8, 4) is 0 Å². The second kappa shape index (κ2) is 3.58. The Morgan fingerprint density at radius 3 is 3.00 bits per heavy atom. The molecule has 0 bridgehead atoms. The molecular formula is C11H21NO. The third-order valence-corrected chi connectivity index (χ3v) is 4.05. The first-order valence-corrected chi connectivity index (χ1v) is 5.58. The molecule has 2 saturated heterocycles. The Balaban J connectivity index is 2.06. The van der Waals surface area contributed by atoms with Gasteiger partial charge in [0.1, 0.15) is 0 Å². The average molecular weight is 183 g/mol. The van der Waals surface area contributed by atoms with Gasteiger partial charge in [0.15, 0.2) is 0 Å². The standard InChI is InChI=1S/C11H21NO/c1-3-11-6-4-8-12(11)10(5-7-11)9-13-2/h10H,3-9H2,1-2H3/t10-,11-/m1/s1. The van der Waals surface area contributed by atoms with Crippen LogP contribution < -0.4 is 0 Å². The Morgan fingerprint density at radius 2 is 2.31 bits per heavy atom. The van der Waals surface area contributed by atoms with E-state index in [1.807, 2.05) is 7.11 Å². The van der Waals surface area contributed by atoms with Gasteiger partial charge in [-0.05, 0) is 38.6 Å². The summed E-state index contributed by atoms with van der Waals surface area (Å²) in [4.78, 5) is 2.72. The van der Waals surface area contributed by atoms with Crippen LogP contribution in [-0.2, 0) is 4.74 Å². The Bertz CT molecular complexity index is 183. The molecule has 2 aliphatic rings. The summed E-state index contributed by atoms with van der Waals surface area (Å²) in [5, 5.41) is 0. The van der Waals surface area contributed by atoms with Crippen molar-refractivity contribution in [2.75, 3.05) is 20.3 Å². The molecule has 2 heteroatoms. The van der Waals surface area contributed by atoms with Crippen LogP contribution in [0.3, 0.4) is 0 Å². The fourth-order valence-corrected chi connectivity index (χ4v) is 3.31. The van der Waals surface area contributed by atoms with Gasteiger partial charge in [0.05, 0.1) is 6.61 Å². The quantitative estimate of drug-likeness (QED) is 0.664. The minimum absolute atomic E-state index is 0.573. The molecule has 13 heavy (non-hydrogen) atoms. The molecule has 0 saturated carbocycles. The second-order valence-corrected chi connectivity index (χ2v) is 4.52.